The van der Waals surface area contributed by atoms with Gasteiger partial charge in [0.1, 0.15) is 6.07 Å². The van der Waals surface area contributed by atoms with Gasteiger partial charge < -0.3 is 11.1 Å². The standard InChI is InChI=1S/C17H16N6O/c1-11-5-7-12(8-6-11)17(24)21-13-3-2-4-14(9-13)22-23-15(10-18)16(19)20/h2-9,22H,1H3,(H3,19,20)(H,21,24)/b23-15+. The van der Waals surface area contributed by atoms with E-state index in [0.29, 0.717) is 16.9 Å². The van der Waals surface area contributed by atoms with Crippen LogP contribution in [0.15, 0.2) is 53.6 Å². The largest absolute Gasteiger partial charge is 0.382 e. The highest BCUT2D eigenvalue weighted by Crippen LogP contribution is 2.16. The number of amides is 1. The van der Waals surface area contributed by atoms with Crippen molar-refractivity contribution < 1.29 is 4.79 Å². The van der Waals surface area contributed by atoms with E-state index in [0.717, 1.165) is 5.56 Å². The number of hydrogen-bond acceptors (Lipinski definition) is 5. The van der Waals surface area contributed by atoms with Crippen molar-refractivity contribution in [1.29, 1.82) is 10.7 Å². The second-order valence-corrected chi connectivity index (χ2v) is 5.00. The SMILES string of the molecule is Cc1ccc(C(=O)Nc2cccc(N/N=C(\C#N)C(=N)N)c2)cc1. The summed E-state index contributed by atoms with van der Waals surface area (Å²) in [6.07, 6.45) is 0. The Balaban J connectivity index is 2.10. The monoisotopic (exact) mass is 320 g/mol. The van der Waals surface area contributed by atoms with Crippen LogP contribution in [0.3, 0.4) is 0 Å². The number of carbonyl (C=O) groups excluding carboxylic acids is 1. The Hall–Kier alpha value is -3.66. The molecule has 0 aliphatic rings. The first kappa shape index (κ1) is 16.7. The van der Waals surface area contributed by atoms with Crippen LogP contribution in [0.1, 0.15) is 15.9 Å². The van der Waals surface area contributed by atoms with Crippen LogP contribution in [0.25, 0.3) is 0 Å². The molecule has 2 aromatic carbocycles. The zero-order valence-electron chi connectivity index (χ0n) is 13.0. The fourth-order valence-electron chi connectivity index (χ4n) is 1.84. The maximum Gasteiger partial charge on any atom is 0.255 e. The molecule has 0 aliphatic heterocycles. The summed E-state index contributed by atoms with van der Waals surface area (Å²) in [4.78, 5) is 12.2. The van der Waals surface area contributed by atoms with Crippen LogP contribution in [-0.4, -0.2) is 17.5 Å². The molecular formula is C17H16N6O. The van der Waals surface area contributed by atoms with Gasteiger partial charge in [0.15, 0.2) is 5.84 Å². The van der Waals surface area contributed by atoms with Crippen LogP contribution in [0, 0.1) is 23.7 Å². The molecule has 7 nitrogen and oxygen atoms in total. The van der Waals surface area contributed by atoms with Crippen molar-refractivity contribution in [2.45, 2.75) is 6.92 Å². The lowest BCUT2D eigenvalue weighted by atomic mass is 10.1. The number of hydrogen-bond donors (Lipinski definition) is 4. The van der Waals surface area contributed by atoms with Crippen LogP contribution in [0.2, 0.25) is 0 Å². The fraction of sp³-hybridized carbons (Fsp3) is 0.0588. The molecular weight excluding hydrogens is 304 g/mol. The van der Waals surface area contributed by atoms with E-state index in [1.807, 2.05) is 19.1 Å². The summed E-state index contributed by atoms with van der Waals surface area (Å²) in [6, 6.07) is 15.8. The second kappa shape index (κ2) is 7.56. The van der Waals surface area contributed by atoms with E-state index in [2.05, 4.69) is 15.8 Å². The quantitative estimate of drug-likeness (QED) is 0.383. The first-order chi connectivity index (χ1) is 11.5. The van der Waals surface area contributed by atoms with Crippen LogP contribution in [-0.2, 0) is 0 Å². The summed E-state index contributed by atoms with van der Waals surface area (Å²) in [5.41, 5.74) is 10.4. The van der Waals surface area contributed by atoms with Gasteiger partial charge in [-0.25, -0.2) is 0 Å². The first-order valence-electron chi connectivity index (χ1n) is 7.06. The van der Waals surface area contributed by atoms with Crippen molar-refractivity contribution >= 4 is 28.8 Å². The van der Waals surface area contributed by atoms with Crippen molar-refractivity contribution in [3.63, 3.8) is 0 Å². The molecule has 0 unspecified atom stereocenters. The minimum atomic E-state index is -0.422. The van der Waals surface area contributed by atoms with E-state index in [-0.39, 0.29) is 11.6 Å². The predicted octanol–water partition coefficient (Wildman–Crippen LogP) is 2.47. The molecule has 0 heterocycles. The molecule has 2 aromatic rings. The van der Waals surface area contributed by atoms with Gasteiger partial charge >= 0.3 is 0 Å². The number of nitrogens with two attached hydrogens (primary N) is 1. The Morgan fingerprint density at radius 3 is 2.50 bits per heavy atom. The Morgan fingerprint density at radius 1 is 1.21 bits per heavy atom. The van der Waals surface area contributed by atoms with Gasteiger partial charge in [0.2, 0.25) is 5.71 Å². The van der Waals surface area contributed by atoms with Gasteiger partial charge in [-0.15, -0.1) is 0 Å². The van der Waals surface area contributed by atoms with E-state index in [4.69, 9.17) is 16.4 Å². The maximum absolute atomic E-state index is 12.2. The molecule has 1 amide bonds. The molecule has 0 saturated carbocycles. The van der Waals surface area contributed by atoms with Gasteiger partial charge in [-0.3, -0.25) is 15.6 Å². The third-order valence-corrected chi connectivity index (χ3v) is 3.09. The lowest BCUT2D eigenvalue weighted by Gasteiger charge is -2.08. The number of nitriles is 1. The lowest BCUT2D eigenvalue weighted by Crippen LogP contribution is -2.21. The third kappa shape index (κ3) is 4.42. The number of nitrogens with zero attached hydrogens (tertiary/aromatic N) is 2. The average Bonchev–Trinajstić information content (AvgIpc) is 2.56. The van der Waals surface area contributed by atoms with E-state index in [1.54, 1.807) is 42.5 Å². The molecule has 120 valence electrons. The van der Waals surface area contributed by atoms with Crippen molar-refractivity contribution in [2.75, 3.05) is 10.7 Å². The van der Waals surface area contributed by atoms with Gasteiger partial charge in [0.05, 0.1) is 5.69 Å². The van der Waals surface area contributed by atoms with Crippen molar-refractivity contribution in [2.24, 2.45) is 10.8 Å². The number of aryl methyl sites for hydroxylation is 1. The summed E-state index contributed by atoms with van der Waals surface area (Å²) in [6.45, 7) is 1.95. The zero-order chi connectivity index (χ0) is 17.5. The molecule has 0 aromatic heterocycles. The van der Waals surface area contributed by atoms with E-state index in [9.17, 15) is 4.79 Å². The van der Waals surface area contributed by atoms with Crippen molar-refractivity contribution in [3.8, 4) is 6.07 Å². The Kier molecular flexibility index (Phi) is 5.26. The Bertz CT molecular complexity index is 833. The van der Waals surface area contributed by atoms with Crippen molar-refractivity contribution in [3.05, 3.63) is 59.7 Å². The summed E-state index contributed by atoms with van der Waals surface area (Å²) in [7, 11) is 0. The van der Waals surface area contributed by atoms with Crippen LogP contribution in [0.5, 0.6) is 0 Å². The smallest absolute Gasteiger partial charge is 0.255 e. The van der Waals surface area contributed by atoms with E-state index in [1.165, 1.54) is 0 Å². The first-order valence-corrected chi connectivity index (χ1v) is 7.06. The van der Waals surface area contributed by atoms with Gasteiger partial charge in [-0.1, -0.05) is 23.8 Å². The third-order valence-electron chi connectivity index (χ3n) is 3.09. The number of benzene rings is 2. The predicted molar refractivity (Wildman–Crippen MR) is 94.2 cm³/mol. The Labute approximate surface area is 139 Å². The van der Waals surface area contributed by atoms with E-state index >= 15 is 0 Å². The van der Waals surface area contributed by atoms with Gasteiger partial charge in [-0.2, -0.15) is 10.4 Å². The summed E-state index contributed by atoms with van der Waals surface area (Å²) in [5, 5.41) is 22.5. The molecule has 7 heteroatoms. The topological polar surface area (TPSA) is 127 Å². The molecule has 0 saturated heterocycles. The van der Waals surface area contributed by atoms with Crippen molar-refractivity contribution in [1.82, 2.24) is 0 Å². The average molecular weight is 320 g/mol. The molecule has 24 heavy (non-hydrogen) atoms. The van der Waals surface area contributed by atoms with Crippen LogP contribution < -0.4 is 16.5 Å². The molecule has 0 aliphatic carbocycles. The molecule has 5 N–H and O–H groups in total. The maximum atomic E-state index is 12.2. The highest BCUT2D eigenvalue weighted by Gasteiger charge is 2.06. The highest BCUT2D eigenvalue weighted by atomic mass is 16.1. The molecule has 0 spiro atoms. The minimum Gasteiger partial charge on any atom is -0.382 e. The number of rotatable bonds is 5. The zero-order valence-corrected chi connectivity index (χ0v) is 13.0. The second-order valence-electron chi connectivity index (χ2n) is 5.00. The molecule has 0 fully saturated rings. The molecule has 2 rings (SSSR count). The van der Waals surface area contributed by atoms with E-state index < -0.39 is 5.84 Å². The Morgan fingerprint density at radius 2 is 1.88 bits per heavy atom. The number of nitrogens with one attached hydrogen (secondary N) is 3. The number of amidine groups is 1. The van der Waals surface area contributed by atoms with Crippen LogP contribution >= 0.6 is 0 Å². The number of anilines is 2. The highest BCUT2D eigenvalue weighted by molar-refractivity contribution is 6.45. The minimum absolute atomic E-state index is 0.218. The van der Waals surface area contributed by atoms with Gasteiger partial charge in [0.25, 0.3) is 5.91 Å². The lowest BCUT2D eigenvalue weighted by molar-refractivity contribution is 0.102. The summed E-state index contributed by atoms with van der Waals surface area (Å²) < 4.78 is 0. The number of hydrazone groups is 1. The molecule has 0 radical (unpaired) electrons. The normalized spacial score (nSPS) is 10.6. The number of carbonyl (C=O) groups is 1. The fourth-order valence-corrected chi connectivity index (χ4v) is 1.84. The van der Waals surface area contributed by atoms with Gasteiger partial charge in [-0.05, 0) is 37.3 Å². The summed E-state index contributed by atoms with van der Waals surface area (Å²) >= 11 is 0. The molecule has 0 atom stereocenters. The molecule has 0 bridgehead atoms. The van der Waals surface area contributed by atoms with Crippen LogP contribution in [0.4, 0.5) is 11.4 Å². The summed E-state index contributed by atoms with van der Waals surface area (Å²) in [5.74, 6) is -0.647. The van der Waals surface area contributed by atoms with Gasteiger partial charge in [0, 0.05) is 11.3 Å².